The summed E-state index contributed by atoms with van der Waals surface area (Å²) >= 11 is 0. The Morgan fingerprint density at radius 2 is 1.82 bits per heavy atom. The second-order valence-corrected chi connectivity index (χ2v) is 12.8. The molecule has 0 aromatic carbocycles. The molecule has 9 N–H and O–H groups in total. The molecular formula is C19H21N8O15P3. The Bertz CT molecular complexity index is 2010. The molecular weight excluding hydrogens is 673 g/mol. The molecule has 23 nitrogen and oxygen atoms in total. The number of aromatic amines is 2. The molecule has 4 aromatic heterocycles. The molecule has 0 aliphatic rings. The number of phosphoric ester groups is 1. The van der Waals surface area contributed by atoms with E-state index >= 15 is 0 Å². The van der Waals surface area contributed by atoms with Gasteiger partial charge in [-0.3, -0.25) is 19.1 Å². The molecule has 45 heavy (non-hydrogen) atoms. The Morgan fingerprint density at radius 1 is 1.07 bits per heavy atom. The standard InChI is InChI=1S/C19H21N8O15P3/c28-11-5-14(40-12(11)7-39-44(35,36)42-45(37,38)41-43(32,33)34)27-6-10(18(30)26-19(27)31)1-2-13(29)20-3-4-21-16-15-17(23-8-22-15)25-9-24-16/h1-2,5-6,8-9,28H,3-4,7H2,(H,20,29)(H,35,36)(H,37,38)(H,26,30,31)(H2,32,33,34)(H2,21,22,23,24,25)/b2-1+. The molecule has 242 valence electrons. The van der Waals surface area contributed by atoms with Crippen LogP contribution in [0.25, 0.3) is 23.1 Å². The summed E-state index contributed by atoms with van der Waals surface area (Å²) in [6, 6.07) is 0.831. The zero-order valence-corrected chi connectivity index (χ0v) is 24.7. The predicted molar refractivity (Wildman–Crippen MR) is 147 cm³/mol. The summed E-state index contributed by atoms with van der Waals surface area (Å²) in [4.78, 5) is 89.7. The number of nitrogens with one attached hydrogen (secondary N) is 4. The van der Waals surface area contributed by atoms with Gasteiger partial charge in [-0.05, 0) is 6.08 Å². The largest absolute Gasteiger partial charge is 0.504 e. The number of amides is 1. The van der Waals surface area contributed by atoms with E-state index in [0.29, 0.717) is 21.5 Å². The van der Waals surface area contributed by atoms with Gasteiger partial charge in [0.15, 0.2) is 23.0 Å². The van der Waals surface area contributed by atoms with Crippen LogP contribution in [-0.2, 0) is 38.2 Å². The number of phosphoric acid groups is 3. The fourth-order valence-corrected chi connectivity index (χ4v) is 6.30. The predicted octanol–water partition coefficient (Wildman–Crippen LogP) is -0.425. The summed E-state index contributed by atoms with van der Waals surface area (Å²) in [6.45, 7) is -0.727. The van der Waals surface area contributed by atoms with E-state index in [-0.39, 0.29) is 18.7 Å². The molecule has 0 bridgehead atoms. The number of anilines is 1. The topological polar surface area (TPSA) is 344 Å². The van der Waals surface area contributed by atoms with Crippen LogP contribution >= 0.6 is 23.5 Å². The van der Waals surface area contributed by atoms with Crippen molar-refractivity contribution in [3.05, 3.63) is 63.2 Å². The molecule has 2 atom stereocenters. The number of H-pyrrole nitrogens is 2. The van der Waals surface area contributed by atoms with E-state index in [9.17, 15) is 43.0 Å². The zero-order valence-electron chi connectivity index (χ0n) is 22.0. The fraction of sp³-hybridized carbons (Fsp3) is 0.158. The summed E-state index contributed by atoms with van der Waals surface area (Å²) in [5.74, 6) is -1.99. The van der Waals surface area contributed by atoms with E-state index in [1.54, 1.807) is 0 Å². The van der Waals surface area contributed by atoms with Crippen molar-refractivity contribution in [2.45, 2.75) is 6.61 Å². The highest BCUT2D eigenvalue weighted by atomic mass is 31.3. The number of furan rings is 1. The first-order valence-corrected chi connectivity index (χ1v) is 16.3. The normalized spacial score (nSPS) is 14.8. The Kier molecular flexibility index (Phi) is 10.00. The molecule has 2 unspecified atom stereocenters. The number of carbonyl (C=O) groups is 1. The van der Waals surface area contributed by atoms with E-state index < -0.39 is 64.6 Å². The van der Waals surface area contributed by atoms with Crippen LogP contribution in [0.2, 0.25) is 0 Å². The lowest BCUT2D eigenvalue weighted by Crippen LogP contribution is -2.30. The maximum Gasteiger partial charge on any atom is 0.490 e. The van der Waals surface area contributed by atoms with Gasteiger partial charge in [0.25, 0.3) is 5.56 Å². The maximum absolute atomic E-state index is 12.4. The summed E-state index contributed by atoms with van der Waals surface area (Å²) in [5.41, 5.74) is -1.13. The van der Waals surface area contributed by atoms with Crippen LogP contribution in [0.1, 0.15) is 11.3 Å². The number of hydrogen-bond donors (Lipinski definition) is 9. The van der Waals surface area contributed by atoms with E-state index in [0.717, 1.165) is 24.4 Å². The minimum atomic E-state index is -5.79. The van der Waals surface area contributed by atoms with Gasteiger partial charge >= 0.3 is 29.2 Å². The van der Waals surface area contributed by atoms with E-state index in [1.165, 1.54) is 12.7 Å². The molecule has 0 fully saturated rings. The first kappa shape index (κ1) is 33.6. The minimum Gasteiger partial charge on any atom is -0.504 e. The summed E-state index contributed by atoms with van der Waals surface area (Å²) in [6.07, 6.45) is 5.80. The number of carbonyl (C=O) groups excluding carboxylic acids is 1. The van der Waals surface area contributed by atoms with E-state index in [4.69, 9.17) is 14.2 Å². The summed E-state index contributed by atoms with van der Waals surface area (Å²) in [7, 11) is -17.0. The molecule has 26 heteroatoms. The van der Waals surface area contributed by atoms with Crippen molar-refractivity contribution >= 4 is 52.4 Å². The van der Waals surface area contributed by atoms with Crippen molar-refractivity contribution in [2.24, 2.45) is 0 Å². The van der Waals surface area contributed by atoms with Gasteiger partial charge in [-0.2, -0.15) is 8.62 Å². The first-order chi connectivity index (χ1) is 21.0. The molecule has 0 saturated carbocycles. The van der Waals surface area contributed by atoms with Gasteiger partial charge < -0.3 is 44.7 Å². The number of nitrogens with zero attached hydrogens (tertiary/aromatic N) is 4. The Morgan fingerprint density at radius 3 is 2.56 bits per heavy atom. The molecule has 1 amide bonds. The van der Waals surface area contributed by atoms with Crippen LogP contribution in [0.5, 0.6) is 5.75 Å². The van der Waals surface area contributed by atoms with Gasteiger partial charge in [-0.25, -0.2) is 38.0 Å². The van der Waals surface area contributed by atoms with Crippen LogP contribution in [0.4, 0.5) is 5.82 Å². The summed E-state index contributed by atoms with van der Waals surface area (Å²) in [5, 5.41) is 15.7. The zero-order chi connectivity index (χ0) is 33.0. The highest BCUT2D eigenvalue weighted by Crippen LogP contribution is 2.66. The summed E-state index contributed by atoms with van der Waals surface area (Å²) < 4.78 is 51.4. The maximum atomic E-state index is 12.4. The number of fused-ring (bicyclic) bond motifs is 1. The fourth-order valence-electron chi connectivity index (χ4n) is 3.33. The van der Waals surface area contributed by atoms with Crippen LogP contribution in [0.3, 0.4) is 0 Å². The first-order valence-electron chi connectivity index (χ1n) is 11.8. The van der Waals surface area contributed by atoms with Crippen molar-refractivity contribution in [3.63, 3.8) is 0 Å². The molecule has 0 saturated heterocycles. The number of aromatic hydroxyl groups is 1. The lowest BCUT2D eigenvalue weighted by atomic mass is 10.3. The van der Waals surface area contributed by atoms with Crippen LogP contribution < -0.4 is 21.9 Å². The van der Waals surface area contributed by atoms with Gasteiger partial charge in [0.1, 0.15) is 18.5 Å². The Hall–Kier alpha value is -4.27. The average Bonchev–Trinajstić information content (AvgIpc) is 3.54. The average molecular weight is 694 g/mol. The van der Waals surface area contributed by atoms with E-state index in [2.05, 4.69) is 43.7 Å². The lowest BCUT2D eigenvalue weighted by Gasteiger charge is -2.15. The second-order valence-electron chi connectivity index (χ2n) is 8.35. The number of aromatic nitrogens is 6. The highest BCUT2D eigenvalue weighted by Gasteiger charge is 2.41. The lowest BCUT2D eigenvalue weighted by molar-refractivity contribution is -0.116. The third-order valence-electron chi connectivity index (χ3n) is 5.11. The minimum absolute atomic E-state index is 0.146. The highest BCUT2D eigenvalue weighted by molar-refractivity contribution is 7.66. The molecule has 4 aromatic rings. The third kappa shape index (κ3) is 9.36. The number of rotatable bonds is 14. The molecule has 0 aliphatic carbocycles. The van der Waals surface area contributed by atoms with Gasteiger partial charge in [0.2, 0.25) is 11.8 Å². The number of hydrogen-bond acceptors (Lipinski definition) is 15. The smallest absolute Gasteiger partial charge is 0.490 e. The second kappa shape index (κ2) is 13.4. The van der Waals surface area contributed by atoms with Crippen LogP contribution in [-0.4, -0.2) is 73.2 Å². The van der Waals surface area contributed by atoms with Crippen molar-refractivity contribution in [1.29, 1.82) is 0 Å². The van der Waals surface area contributed by atoms with E-state index in [1.807, 2.05) is 4.98 Å². The molecule has 0 spiro atoms. The van der Waals surface area contributed by atoms with Gasteiger partial charge in [0.05, 0.1) is 11.9 Å². The van der Waals surface area contributed by atoms with Crippen molar-refractivity contribution in [2.75, 3.05) is 18.4 Å². The van der Waals surface area contributed by atoms with Crippen LogP contribution in [0, 0.1) is 0 Å². The molecule has 4 rings (SSSR count). The molecule has 0 aliphatic heterocycles. The van der Waals surface area contributed by atoms with Crippen molar-refractivity contribution in [3.8, 4) is 11.6 Å². The SMILES string of the molecule is O=C(/C=C/c1cn(-c2cc(O)c(COP(=O)(O)OP(=O)(O)OP(=O)(O)O)o2)c(=O)[nH]c1=O)NCCNc1ncnc2nc[nH]c12. The Balaban J connectivity index is 1.38. The number of imidazole rings is 1. The van der Waals surface area contributed by atoms with Gasteiger partial charge in [0, 0.05) is 31.4 Å². The van der Waals surface area contributed by atoms with Crippen LogP contribution in [0.15, 0.2) is 45.0 Å². The monoisotopic (exact) mass is 694 g/mol. The quantitative estimate of drug-likeness (QED) is 0.0459. The Labute approximate surface area is 248 Å². The van der Waals surface area contributed by atoms with Crippen molar-refractivity contribution in [1.82, 2.24) is 34.8 Å². The van der Waals surface area contributed by atoms with Gasteiger partial charge in [-0.15, -0.1) is 0 Å². The molecule has 4 heterocycles. The van der Waals surface area contributed by atoms with Gasteiger partial charge in [-0.1, -0.05) is 0 Å². The van der Waals surface area contributed by atoms with Crippen molar-refractivity contribution < 1.29 is 60.7 Å². The molecule has 0 radical (unpaired) electrons. The third-order valence-corrected chi connectivity index (χ3v) is 8.89.